The topological polar surface area (TPSA) is 38.8 Å². The Hall–Kier alpha value is -1.09. The van der Waals surface area contributed by atoms with Crippen LogP contribution in [0.5, 0.6) is 0 Å². The summed E-state index contributed by atoms with van der Waals surface area (Å²) in [6.45, 7) is 2.12. The molecular weight excluding hydrogens is 264 g/mol. The van der Waals surface area contributed by atoms with Crippen molar-refractivity contribution in [1.29, 1.82) is 0 Å². The molecule has 3 heteroatoms. The second-order valence-electron chi connectivity index (χ2n) is 6.43. The fourth-order valence-electron chi connectivity index (χ4n) is 3.77. The molecule has 0 aromatic rings. The zero-order chi connectivity index (χ0) is 14.7. The molecule has 116 valence electrons. The van der Waals surface area contributed by atoms with E-state index in [1.165, 1.54) is 0 Å². The van der Waals surface area contributed by atoms with Crippen LogP contribution < -0.4 is 0 Å². The number of rotatable bonds is 1. The Morgan fingerprint density at radius 3 is 3.00 bits per heavy atom. The summed E-state index contributed by atoms with van der Waals surface area (Å²) in [7, 11) is 0. The number of epoxide rings is 1. The molecule has 0 bridgehead atoms. The van der Waals surface area contributed by atoms with E-state index in [-0.39, 0.29) is 12.1 Å². The molecule has 21 heavy (non-hydrogen) atoms. The van der Waals surface area contributed by atoms with Gasteiger partial charge < -0.3 is 9.47 Å². The predicted octanol–water partition coefficient (Wildman–Crippen LogP) is 3.79. The first-order valence-corrected chi connectivity index (χ1v) is 8.46. The van der Waals surface area contributed by atoms with Gasteiger partial charge in [-0.15, -0.1) is 0 Å². The smallest absolute Gasteiger partial charge is 0.306 e. The molecule has 3 rings (SSSR count). The van der Waals surface area contributed by atoms with E-state index in [1.807, 2.05) is 0 Å². The third-order valence-corrected chi connectivity index (χ3v) is 4.96. The number of fused-ring (bicyclic) bond motifs is 3. The van der Waals surface area contributed by atoms with Crippen LogP contribution in [0.4, 0.5) is 0 Å². The van der Waals surface area contributed by atoms with Crippen LogP contribution in [0, 0.1) is 11.8 Å². The normalized spacial score (nSPS) is 43.1. The largest absolute Gasteiger partial charge is 0.462 e. The van der Waals surface area contributed by atoms with E-state index in [4.69, 9.17) is 9.47 Å². The summed E-state index contributed by atoms with van der Waals surface area (Å²) in [6, 6.07) is 0. The van der Waals surface area contributed by atoms with Crippen LogP contribution in [0.1, 0.15) is 51.9 Å². The molecule has 1 saturated heterocycles. The first kappa shape index (κ1) is 14.8. The molecule has 1 unspecified atom stereocenters. The summed E-state index contributed by atoms with van der Waals surface area (Å²) in [5.41, 5.74) is 0. The molecule has 0 aromatic heterocycles. The van der Waals surface area contributed by atoms with Crippen molar-refractivity contribution in [1.82, 2.24) is 0 Å². The number of ether oxygens (including phenoxy) is 2. The Kier molecular flexibility index (Phi) is 4.79. The molecule has 0 amide bonds. The average molecular weight is 290 g/mol. The molecule has 0 N–H and O–H groups in total. The maximum atomic E-state index is 12.0. The SMILES string of the molecule is CC[C@@H]1OC(=O)CCCC/C=C\C/C=C\[C@H]2[C@H]1CC1O[C@@H]12. The first-order chi connectivity index (χ1) is 10.3. The quantitative estimate of drug-likeness (QED) is 0.419. The molecule has 1 saturated carbocycles. The highest BCUT2D eigenvalue weighted by Gasteiger charge is 2.56. The minimum atomic E-state index is -0.0212. The number of cyclic esters (lactones) is 1. The number of hydrogen-bond acceptors (Lipinski definition) is 3. The van der Waals surface area contributed by atoms with E-state index in [2.05, 4.69) is 31.2 Å². The molecule has 3 aliphatic rings. The molecule has 0 radical (unpaired) electrons. The third-order valence-electron chi connectivity index (χ3n) is 4.96. The summed E-state index contributed by atoms with van der Waals surface area (Å²) in [5, 5.41) is 0. The minimum Gasteiger partial charge on any atom is -0.462 e. The van der Waals surface area contributed by atoms with E-state index in [1.54, 1.807) is 0 Å². The Bertz CT molecular complexity index is 426. The fraction of sp³-hybridized carbons (Fsp3) is 0.722. The zero-order valence-corrected chi connectivity index (χ0v) is 12.9. The molecule has 2 aliphatic heterocycles. The van der Waals surface area contributed by atoms with E-state index >= 15 is 0 Å². The van der Waals surface area contributed by atoms with Gasteiger partial charge in [0.05, 0.1) is 12.2 Å². The van der Waals surface area contributed by atoms with Crippen LogP contribution in [-0.2, 0) is 14.3 Å². The number of hydrogen-bond donors (Lipinski definition) is 0. The number of esters is 1. The predicted molar refractivity (Wildman–Crippen MR) is 81.8 cm³/mol. The van der Waals surface area contributed by atoms with E-state index in [0.717, 1.165) is 38.5 Å². The molecular formula is C18H26O3. The van der Waals surface area contributed by atoms with Gasteiger partial charge in [0.25, 0.3) is 0 Å². The highest BCUT2D eigenvalue weighted by atomic mass is 16.6. The van der Waals surface area contributed by atoms with E-state index in [9.17, 15) is 4.79 Å². The third kappa shape index (κ3) is 3.57. The van der Waals surface area contributed by atoms with Crippen LogP contribution in [0.3, 0.4) is 0 Å². The highest BCUT2D eigenvalue weighted by Crippen LogP contribution is 2.49. The summed E-state index contributed by atoms with van der Waals surface area (Å²) in [4.78, 5) is 12.0. The van der Waals surface area contributed by atoms with Crippen LogP contribution in [0.25, 0.3) is 0 Å². The van der Waals surface area contributed by atoms with Crippen LogP contribution in [0.2, 0.25) is 0 Å². The van der Waals surface area contributed by atoms with Crippen molar-refractivity contribution in [3.8, 4) is 0 Å². The van der Waals surface area contributed by atoms with Crippen LogP contribution in [0.15, 0.2) is 24.3 Å². The molecule has 3 nitrogen and oxygen atoms in total. The Morgan fingerprint density at radius 1 is 1.24 bits per heavy atom. The van der Waals surface area contributed by atoms with Crippen LogP contribution in [-0.4, -0.2) is 24.3 Å². The summed E-state index contributed by atoms with van der Waals surface area (Å²) in [5.74, 6) is 0.835. The molecule has 2 heterocycles. The lowest BCUT2D eigenvalue weighted by molar-refractivity contribution is -0.153. The second kappa shape index (κ2) is 6.78. The van der Waals surface area contributed by atoms with Crippen molar-refractivity contribution in [3.05, 3.63) is 24.3 Å². The fourth-order valence-corrected chi connectivity index (χ4v) is 3.77. The number of carbonyl (C=O) groups excluding carboxylic acids is 1. The molecule has 2 fully saturated rings. The summed E-state index contributed by atoms with van der Waals surface area (Å²) < 4.78 is 11.5. The van der Waals surface area contributed by atoms with Gasteiger partial charge in [0.1, 0.15) is 6.10 Å². The van der Waals surface area contributed by atoms with Crippen molar-refractivity contribution < 1.29 is 14.3 Å². The molecule has 1 aliphatic carbocycles. The molecule has 5 atom stereocenters. The van der Waals surface area contributed by atoms with Gasteiger partial charge in [-0.1, -0.05) is 31.2 Å². The van der Waals surface area contributed by atoms with Gasteiger partial charge >= 0.3 is 5.97 Å². The van der Waals surface area contributed by atoms with Gasteiger partial charge in [-0.3, -0.25) is 4.79 Å². The van der Waals surface area contributed by atoms with Gasteiger partial charge in [0.15, 0.2) is 0 Å². The first-order valence-electron chi connectivity index (χ1n) is 8.46. The van der Waals surface area contributed by atoms with Crippen molar-refractivity contribution in [2.75, 3.05) is 0 Å². The Balaban J connectivity index is 1.72. The van der Waals surface area contributed by atoms with E-state index < -0.39 is 0 Å². The van der Waals surface area contributed by atoms with Crippen molar-refractivity contribution in [2.24, 2.45) is 11.8 Å². The average Bonchev–Trinajstić information content (AvgIpc) is 3.16. The van der Waals surface area contributed by atoms with E-state index in [0.29, 0.717) is 30.5 Å². The van der Waals surface area contributed by atoms with Gasteiger partial charge in [-0.05, 0) is 38.5 Å². The molecule has 0 aromatic carbocycles. The monoisotopic (exact) mass is 290 g/mol. The standard InChI is InChI=1S/C18H26O3/c1-2-15-14-12-16-18(21-16)13(14)10-8-6-4-3-5-7-9-11-17(19)20-15/h3-4,8,10,13-16,18H,2,5-7,9,11-12H2,1H3/b4-3-,10-8-/t13-,14+,15-,16?,18+/m0/s1. The Morgan fingerprint density at radius 2 is 2.14 bits per heavy atom. The maximum Gasteiger partial charge on any atom is 0.306 e. The lowest BCUT2D eigenvalue weighted by Gasteiger charge is -2.28. The van der Waals surface area contributed by atoms with Gasteiger partial charge in [-0.25, -0.2) is 0 Å². The van der Waals surface area contributed by atoms with Crippen molar-refractivity contribution in [2.45, 2.75) is 70.2 Å². The Labute approximate surface area is 127 Å². The zero-order valence-electron chi connectivity index (χ0n) is 12.9. The highest BCUT2D eigenvalue weighted by molar-refractivity contribution is 5.69. The summed E-state index contributed by atoms with van der Waals surface area (Å²) >= 11 is 0. The second-order valence-corrected chi connectivity index (χ2v) is 6.43. The lowest BCUT2D eigenvalue weighted by Crippen LogP contribution is -2.31. The van der Waals surface area contributed by atoms with Crippen molar-refractivity contribution >= 4 is 5.97 Å². The minimum absolute atomic E-state index is 0.0212. The van der Waals surface area contributed by atoms with Crippen LogP contribution >= 0.6 is 0 Å². The van der Waals surface area contributed by atoms with Gasteiger partial charge in [-0.2, -0.15) is 0 Å². The number of carbonyl (C=O) groups is 1. The maximum absolute atomic E-state index is 12.0. The summed E-state index contributed by atoms with van der Waals surface area (Å²) in [6.07, 6.45) is 16.4. The molecule has 0 spiro atoms. The van der Waals surface area contributed by atoms with Gasteiger partial charge in [0.2, 0.25) is 0 Å². The number of allylic oxidation sites excluding steroid dienone is 3. The lowest BCUT2D eigenvalue weighted by atomic mass is 9.87. The van der Waals surface area contributed by atoms with Gasteiger partial charge in [0, 0.05) is 18.3 Å². The van der Waals surface area contributed by atoms with Crippen molar-refractivity contribution in [3.63, 3.8) is 0 Å².